The summed E-state index contributed by atoms with van der Waals surface area (Å²) < 4.78 is 0.851. The maximum Gasteiger partial charge on any atom is 0.0477 e. The molecular formula is C7H14S2. The molecule has 0 N–H and O–H groups in total. The Labute approximate surface area is 66.2 Å². The van der Waals surface area contributed by atoms with Crippen LogP contribution in [0.4, 0.5) is 0 Å². The molecule has 1 fully saturated rings. The minimum atomic E-state index is 0.851. The van der Waals surface area contributed by atoms with Gasteiger partial charge in [0.05, 0.1) is 0 Å². The fourth-order valence-corrected chi connectivity index (χ4v) is 4.01. The summed E-state index contributed by atoms with van der Waals surface area (Å²) in [5.41, 5.74) is 0. The van der Waals surface area contributed by atoms with E-state index in [4.69, 9.17) is 0 Å². The van der Waals surface area contributed by atoms with Crippen molar-refractivity contribution < 1.29 is 0 Å². The summed E-state index contributed by atoms with van der Waals surface area (Å²) >= 11 is 4.25. The van der Waals surface area contributed by atoms with Crippen LogP contribution in [0.1, 0.15) is 26.7 Å². The van der Waals surface area contributed by atoms with Gasteiger partial charge in [0, 0.05) is 9.83 Å². The molecule has 54 valence electrons. The van der Waals surface area contributed by atoms with Gasteiger partial charge in [-0.1, -0.05) is 6.92 Å². The molecule has 1 unspecified atom stereocenters. The average molecular weight is 162 g/mol. The number of thioether (sulfide) groups is 2. The Bertz CT molecular complexity index is 83.0. The van der Waals surface area contributed by atoms with Crippen LogP contribution in [0.5, 0.6) is 0 Å². The summed E-state index contributed by atoms with van der Waals surface area (Å²) in [4.78, 5) is 0. The van der Waals surface area contributed by atoms with E-state index in [1.54, 1.807) is 0 Å². The molecule has 0 aromatic rings. The van der Waals surface area contributed by atoms with Crippen molar-refractivity contribution in [2.75, 3.05) is 5.75 Å². The highest BCUT2D eigenvalue weighted by Crippen LogP contribution is 2.36. The molecule has 1 aliphatic heterocycles. The van der Waals surface area contributed by atoms with Crippen molar-refractivity contribution in [3.8, 4) is 0 Å². The van der Waals surface area contributed by atoms with Gasteiger partial charge in [-0.25, -0.2) is 0 Å². The van der Waals surface area contributed by atoms with Crippen LogP contribution in [0.15, 0.2) is 0 Å². The van der Waals surface area contributed by atoms with Gasteiger partial charge in [-0.05, 0) is 25.5 Å². The lowest BCUT2D eigenvalue weighted by Crippen LogP contribution is -2.12. The summed E-state index contributed by atoms with van der Waals surface area (Å²) in [5, 5.41) is 0.959. The Kier molecular flexibility index (Phi) is 3.27. The van der Waals surface area contributed by atoms with Crippen LogP contribution in [0.25, 0.3) is 0 Å². The number of rotatable bonds is 1. The summed E-state index contributed by atoms with van der Waals surface area (Å²) in [6.45, 7) is 4.61. The lowest BCUT2D eigenvalue weighted by atomic mass is 10.3. The van der Waals surface area contributed by atoms with E-state index in [9.17, 15) is 0 Å². The normalized spacial score (nSPS) is 36.7. The Morgan fingerprint density at radius 3 is 2.78 bits per heavy atom. The Morgan fingerprint density at radius 2 is 2.33 bits per heavy atom. The SMILES string of the molecule is CCC1CCS[C@@H](C)S1. The van der Waals surface area contributed by atoms with Crippen molar-refractivity contribution in [3.05, 3.63) is 0 Å². The lowest BCUT2D eigenvalue weighted by molar-refractivity contribution is 0.792. The zero-order chi connectivity index (χ0) is 6.69. The predicted molar refractivity (Wildman–Crippen MR) is 48.2 cm³/mol. The Morgan fingerprint density at radius 1 is 1.56 bits per heavy atom. The van der Waals surface area contributed by atoms with Gasteiger partial charge in [0.1, 0.15) is 0 Å². The zero-order valence-corrected chi connectivity index (χ0v) is 7.73. The first-order valence-corrected chi connectivity index (χ1v) is 5.59. The van der Waals surface area contributed by atoms with E-state index in [2.05, 4.69) is 37.4 Å². The quantitative estimate of drug-likeness (QED) is 0.581. The van der Waals surface area contributed by atoms with Gasteiger partial charge in [-0.3, -0.25) is 0 Å². The molecule has 0 nitrogen and oxygen atoms in total. The van der Waals surface area contributed by atoms with Crippen LogP contribution in [0.3, 0.4) is 0 Å². The van der Waals surface area contributed by atoms with E-state index < -0.39 is 0 Å². The monoisotopic (exact) mass is 162 g/mol. The molecule has 0 aromatic carbocycles. The first-order valence-electron chi connectivity index (χ1n) is 3.60. The van der Waals surface area contributed by atoms with Crippen LogP contribution in [-0.2, 0) is 0 Å². The first kappa shape index (κ1) is 7.80. The van der Waals surface area contributed by atoms with E-state index in [1.165, 1.54) is 18.6 Å². The second-order valence-electron chi connectivity index (χ2n) is 2.39. The third kappa shape index (κ3) is 2.42. The van der Waals surface area contributed by atoms with E-state index in [0.29, 0.717) is 0 Å². The van der Waals surface area contributed by atoms with Crippen LogP contribution in [0.2, 0.25) is 0 Å². The van der Waals surface area contributed by atoms with Crippen LogP contribution < -0.4 is 0 Å². The molecular weight excluding hydrogens is 148 g/mol. The molecule has 0 aromatic heterocycles. The van der Waals surface area contributed by atoms with Gasteiger partial charge in [-0.15, -0.1) is 23.5 Å². The van der Waals surface area contributed by atoms with Crippen molar-refractivity contribution >= 4 is 23.5 Å². The molecule has 9 heavy (non-hydrogen) atoms. The lowest BCUT2D eigenvalue weighted by Gasteiger charge is -2.24. The predicted octanol–water partition coefficient (Wildman–Crippen LogP) is 2.98. The maximum absolute atomic E-state index is 2.32. The van der Waals surface area contributed by atoms with Gasteiger partial charge >= 0.3 is 0 Å². The minimum Gasteiger partial charge on any atom is -0.148 e. The van der Waals surface area contributed by atoms with Crippen LogP contribution >= 0.6 is 23.5 Å². The fourth-order valence-electron chi connectivity index (χ4n) is 1.04. The van der Waals surface area contributed by atoms with E-state index in [0.717, 1.165) is 9.83 Å². The third-order valence-corrected chi connectivity index (χ3v) is 4.65. The average Bonchev–Trinajstić information content (AvgIpc) is 1.88. The van der Waals surface area contributed by atoms with E-state index >= 15 is 0 Å². The number of hydrogen-bond donors (Lipinski definition) is 0. The molecule has 0 saturated carbocycles. The Hall–Kier alpha value is 0.700. The molecule has 0 aliphatic carbocycles. The van der Waals surface area contributed by atoms with Crippen LogP contribution in [0, 0.1) is 0 Å². The van der Waals surface area contributed by atoms with Crippen molar-refractivity contribution in [1.82, 2.24) is 0 Å². The van der Waals surface area contributed by atoms with Crippen molar-refractivity contribution in [1.29, 1.82) is 0 Å². The van der Waals surface area contributed by atoms with Gasteiger partial charge in [0.15, 0.2) is 0 Å². The minimum absolute atomic E-state index is 0.851. The van der Waals surface area contributed by atoms with Crippen molar-refractivity contribution in [2.45, 2.75) is 36.5 Å². The van der Waals surface area contributed by atoms with Crippen LogP contribution in [-0.4, -0.2) is 15.6 Å². The van der Waals surface area contributed by atoms with Gasteiger partial charge < -0.3 is 0 Å². The second-order valence-corrected chi connectivity index (χ2v) is 5.79. The first-order chi connectivity index (χ1) is 4.33. The van der Waals surface area contributed by atoms with Crippen molar-refractivity contribution in [2.24, 2.45) is 0 Å². The second kappa shape index (κ2) is 3.77. The van der Waals surface area contributed by atoms with Gasteiger partial charge in [0.2, 0.25) is 0 Å². The summed E-state index contributed by atoms with van der Waals surface area (Å²) in [5.74, 6) is 1.38. The Balaban J connectivity index is 2.23. The summed E-state index contributed by atoms with van der Waals surface area (Å²) in [6, 6.07) is 0. The molecule has 0 amide bonds. The molecule has 2 heteroatoms. The largest absolute Gasteiger partial charge is 0.148 e. The maximum atomic E-state index is 2.32. The molecule has 1 saturated heterocycles. The number of hydrogen-bond acceptors (Lipinski definition) is 2. The summed E-state index contributed by atoms with van der Waals surface area (Å²) in [6.07, 6.45) is 2.78. The molecule has 0 bridgehead atoms. The smallest absolute Gasteiger partial charge is 0.0477 e. The summed E-state index contributed by atoms with van der Waals surface area (Å²) in [7, 11) is 0. The third-order valence-electron chi connectivity index (χ3n) is 1.63. The van der Waals surface area contributed by atoms with E-state index in [-0.39, 0.29) is 0 Å². The topological polar surface area (TPSA) is 0 Å². The van der Waals surface area contributed by atoms with Gasteiger partial charge in [-0.2, -0.15) is 0 Å². The highest BCUT2D eigenvalue weighted by molar-refractivity contribution is 8.17. The molecule has 2 atom stereocenters. The zero-order valence-electron chi connectivity index (χ0n) is 6.09. The molecule has 1 heterocycles. The van der Waals surface area contributed by atoms with Gasteiger partial charge in [0.25, 0.3) is 0 Å². The molecule has 1 rings (SSSR count). The van der Waals surface area contributed by atoms with Crippen molar-refractivity contribution in [3.63, 3.8) is 0 Å². The highest BCUT2D eigenvalue weighted by Gasteiger charge is 2.17. The standard InChI is InChI=1S/C7H14S2/c1-3-7-4-5-8-6(2)9-7/h6-7H,3-5H2,1-2H3/t6-,7?/m1/s1. The molecule has 1 aliphatic rings. The molecule has 0 radical (unpaired) electrons. The molecule has 0 spiro atoms. The van der Waals surface area contributed by atoms with E-state index in [1.807, 2.05) is 0 Å². The fraction of sp³-hybridized carbons (Fsp3) is 1.00. The highest BCUT2D eigenvalue weighted by atomic mass is 32.2.